The molecule has 0 bridgehead atoms. The van der Waals surface area contributed by atoms with Crippen LogP contribution in [0, 0.1) is 12.3 Å². The Morgan fingerprint density at radius 3 is 1.96 bits per heavy atom. The van der Waals surface area contributed by atoms with E-state index >= 15 is 0 Å². The predicted octanol–water partition coefficient (Wildman–Crippen LogP) is 7.42. The number of hydrogen-bond acceptors (Lipinski definition) is 9. The zero-order valence-electron chi connectivity index (χ0n) is 30.0. The maximum Gasteiger partial charge on any atom is 0.323 e. The van der Waals surface area contributed by atoms with Crippen molar-refractivity contribution in [1.29, 1.82) is 0 Å². The summed E-state index contributed by atoms with van der Waals surface area (Å²) >= 11 is 12.2. The van der Waals surface area contributed by atoms with E-state index < -0.39 is 17.2 Å². The van der Waals surface area contributed by atoms with E-state index in [9.17, 15) is 14.4 Å². The van der Waals surface area contributed by atoms with Crippen molar-refractivity contribution >= 4 is 64.2 Å². The largest absolute Gasteiger partial charge is 0.458 e. The molecule has 12 nitrogen and oxygen atoms in total. The van der Waals surface area contributed by atoms with Crippen molar-refractivity contribution in [3.05, 3.63) is 129 Å². The van der Waals surface area contributed by atoms with E-state index in [-0.39, 0.29) is 43.1 Å². The highest BCUT2D eigenvalue weighted by atomic mass is 35.5. The minimum Gasteiger partial charge on any atom is -0.458 e. The van der Waals surface area contributed by atoms with E-state index in [2.05, 4.69) is 41.5 Å². The fraction of sp³-hybridized carbons (Fsp3) is 0.250. The smallest absolute Gasteiger partial charge is 0.323 e. The Morgan fingerprint density at radius 2 is 1.31 bits per heavy atom. The van der Waals surface area contributed by atoms with E-state index in [4.69, 9.17) is 27.9 Å². The van der Waals surface area contributed by atoms with Gasteiger partial charge in [0.25, 0.3) is 5.91 Å². The molecule has 1 aliphatic carbocycles. The minimum absolute atomic E-state index is 0.124. The molecule has 0 saturated heterocycles. The molecule has 54 heavy (non-hydrogen) atoms. The average Bonchev–Trinajstić information content (AvgIpc) is 3.94. The fourth-order valence-electron chi connectivity index (χ4n) is 5.40. The average molecular weight is 768 g/mol. The summed E-state index contributed by atoms with van der Waals surface area (Å²) in [5.74, 6) is -1.22. The Balaban J connectivity index is 1.06. The second-order valence-electron chi connectivity index (χ2n) is 13.9. The number of anilines is 4. The second kappa shape index (κ2) is 16.5. The number of hydrogen-bond donors (Lipinski definition) is 5. The number of nitrogens with zero attached hydrogens (tertiary/aromatic N) is 3. The molecule has 5 aromatic rings. The van der Waals surface area contributed by atoms with Crippen molar-refractivity contribution in [2.45, 2.75) is 45.8 Å². The molecular formula is C40H40Cl2N8O4. The number of carbonyl (C=O) groups excluding carboxylic acids is 3. The lowest BCUT2D eigenvalue weighted by molar-refractivity contribution is -0.136. The third-order valence-corrected chi connectivity index (χ3v) is 9.27. The Labute approximate surface area is 323 Å². The number of aromatic nitrogens is 3. The van der Waals surface area contributed by atoms with E-state index in [0.29, 0.717) is 32.9 Å². The van der Waals surface area contributed by atoms with Gasteiger partial charge in [0.2, 0.25) is 11.9 Å². The summed E-state index contributed by atoms with van der Waals surface area (Å²) in [5.41, 5.74) is 3.74. The van der Waals surface area contributed by atoms with Crippen molar-refractivity contribution < 1.29 is 19.1 Å². The van der Waals surface area contributed by atoms with E-state index in [1.54, 1.807) is 48.5 Å². The van der Waals surface area contributed by atoms with Crippen LogP contribution >= 0.6 is 23.2 Å². The van der Waals surface area contributed by atoms with Crippen LogP contribution in [0.4, 0.5) is 23.3 Å². The third-order valence-electron chi connectivity index (χ3n) is 8.77. The first-order valence-electron chi connectivity index (χ1n) is 17.3. The lowest BCUT2D eigenvalue weighted by atomic mass is 9.93. The number of halogens is 2. The van der Waals surface area contributed by atoms with Gasteiger partial charge in [-0.25, -0.2) is 0 Å². The molecule has 0 unspecified atom stereocenters. The van der Waals surface area contributed by atoms with Crippen LogP contribution in [0.2, 0.25) is 10.0 Å². The third kappa shape index (κ3) is 10.5. The maximum atomic E-state index is 13.1. The van der Waals surface area contributed by atoms with Crippen molar-refractivity contribution in [2.24, 2.45) is 5.41 Å². The molecule has 0 aliphatic heterocycles. The van der Waals surface area contributed by atoms with Gasteiger partial charge >= 0.3 is 17.8 Å². The van der Waals surface area contributed by atoms with Gasteiger partial charge in [-0.3, -0.25) is 14.4 Å². The monoisotopic (exact) mass is 766 g/mol. The molecule has 0 spiro atoms. The first-order chi connectivity index (χ1) is 25.8. The van der Waals surface area contributed by atoms with Gasteiger partial charge in [0, 0.05) is 40.1 Å². The predicted molar refractivity (Wildman–Crippen MR) is 210 cm³/mol. The Bertz CT molecular complexity index is 2110. The van der Waals surface area contributed by atoms with Crippen molar-refractivity contribution in [3.8, 4) is 6.01 Å². The van der Waals surface area contributed by atoms with Crippen molar-refractivity contribution in [3.63, 3.8) is 0 Å². The van der Waals surface area contributed by atoms with Gasteiger partial charge in [-0.05, 0) is 97.0 Å². The lowest BCUT2D eigenvalue weighted by Gasteiger charge is -2.25. The summed E-state index contributed by atoms with van der Waals surface area (Å²) < 4.78 is 5.98. The molecule has 1 aromatic heterocycles. The Morgan fingerprint density at radius 1 is 0.722 bits per heavy atom. The molecule has 1 heterocycles. The number of carbonyl (C=O) groups is 3. The first-order valence-corrected chi connectivity index (χ1v) is 18.1. The SMILES string of the molecule is Cc1ccc(NC(=O)C(=O)NCC(C)(C)CNC(=O)c2ccc(Nc3nc(NC4(c5ccc(Cl)cc5)CC4)nc(OCc4ccc(Cl)cc4)n3)cc2)cc1. The fourth-order valence-corrected chi connectivity index (χ4v) is 5.65. The molecule has 5 N–H and O–H groups in total. The Kier molecular flexibility index (Phi) is 11.6. The number of aryl methyl sites for hydroxylation is 1. The molecule has 0 atom stereocenters. The van der Waals surface area contributed by atoms with E-state index in [1.165, 1.54) is 0 Å². The summed E-state index contributed by atoms with van der Waals surface area (Å²) in [7, 11) is 0. The van der Waals surface area contributed by atoms with Crippen LogP contribution in [0.15, 0.2) is 97.1 Å². The number of rotatable bonds is 14. The summed E-state index contributed by atoms with van der Waals surface area (Å²) in [5, 5.41) is 16.1. The topological polar surface area (TPSA) is 159 Å². The summed E-state index contributed by atoms with van der Waals surface area (Å²) in [6.45, 7) is 6.34. The van der Waals surface area contributed by atoms with E-state index in [0.717, 1.165) is 29.5 Å². The van der Waals surface area contributed by atoms with Crippen LogP contribution in [0.3, 0.4) is 0 Å². The Hall–Kier alpha value is -5.72. The van der Waals surface area contributed by atoms with Crippen LogP contribution < -0.4 is 31.3 Å². The number of benzene rings is 4. The number of nitrogens with one attached hydrogen (secondary N) is 5. The van der Waals surface area contributed by atoms with Crippen LogP contribution in [0.25, 0.3) is 0 Å². The molecule has 1 fully saturated rings. The number of ether oxygens (including phenoxy) is 1. The van der Waals surface area contributed by atoms with Crippen LogP contribution in [0.5, 0.6) is 6.01 Å². The first kappa shape index (κ1) is 38.0. The van der Waals surface area contributed by atoms with Crippen LogP contribution in [0.1, 0.15) is 53.7 Å². The standard InChI is InChI=1S/C40H40Cl2N8O4/c1-25-4-16-31(17-5-25)45-35(53)34(52)44-24-39(2,3)23-43-33(51)27-8-18-32(19-9-27)46-36-47-37(50-40(20-21-40)28-10-14-30(42)15-11-28)49-38(48-36)54-22-26-6-12-29(41)13-7-26/h4-19H,20-24H2,1-3H3,(H,43,51)(H,44,52)(H,45,53)(H2,46,47,48,49,50). The van der Waals surface area contributed by atoms with Gasteiger partial charge in [-0.1, -0.05) is 79.0 Å². The lowest BCUT2D eigenvalue weighted by Crippen LogP contribution is -2.44. The van der Waals surface area contributed by atoms with Gasteiger partial charge in [0.15, 0.2) is 0 Å². The normalized spacial score (nSPS) is 13.0. The molecule has 14 heteroatoms. The van der Waals surface area contributed by atoms with Crippen molar-refractivity contribution in [1.82, 2.24) is 25.6 Å². The number of amides is 3. The van der Waals surface area contributed by atoms with Gasteiger partial charge in [-0.2, -0.15) is 15.0 Å². The van der Waals surface area contributed by atoms with Gasteiger partial charge in [-0.15, -0.1) is 0 Å². The molecule has 6 rings (SSSR count). The molecular weight excluding hydrogens is 727 g/mol. The molecule has 1 saturated carbocycles. The van der Waals surface area contributed by atoms with Gasteiger partial charge in [0.05, 0.1) is 5.54 Å². The van der Waals surface area contributed by atoms with Crippen molar-refractivity contribution in [2.75, 3.05) is 29.0 Å². The summed E-state index contributed by atoms with van der Waals surface area (Å²) in [6, 6.07) is 29.1. The minimum atomic E-state index is -0.761. The maximum absolute atomic E-state index is 13.1. The quantitative estimate of drug-likeness (QED) is 0.0725. The molecule has 1 aliphatic rings. The van der Waals surface area contributed by atoms with E-state index in [1.807, 2.05) is 69.3 Å². The highest BCUT2D eigenvalue weighted by Gasteiger charge is 2.45. The second-order valence-corrected chi connectivity index (χ2v) is 14.8. The highest BCUT2D eigenvalue weighted by Crippen LogP contribution is 2.48. The summed E-state index contributed by atoms with van der Waals surface area (Å²) in [6.07, 6.45) is 1.79. The van der Waals surface area contributed by atoms with Crippen LogP contribution in [-0.4, -0.2) is 45.8 Å². The molecule has 0 radical (unpaired) electrons. The van der Waals surface area contributed by atoms with Crippen LogP contribution in [-0.2, 0) is 21.7 Å². The summed E-state index contributed by atoms with van der Waals surface area (Å²) in [4.78, 5) is 51.5. The zero-order chi connectivity index (χ0) is 38.3. The molecule has 278 valence electrons. The van der Waals surface area contributed by atoms with Gasteiger partial charge < -0.3 is 31.3 Å². The highest BCUT2D eigenvalue weighted by molar-refractivity contribution is 6.39. The molecule has 3 amide bonds. The molecule has 4 aromatic carbocycles. The van der Waals surface area contributed by atoms with Gasteiger partial charge in [0.1, 0.15) is 6.61 Å². The zero-order valence-corrected chi connectivity index (χ0v) is 31.5.